The highest BCUT2D eigenvalue weighted by molar-refractivity contribution is 9.10. The number of likely N-dealkylation sites (tertiary alicyclic amines) is 1. The quantitative estimate of drug-likeness (QED) is 0.302. The number of imide groups is 1. The number of aliphatic carboxylic acids is 1. The minimum absolute atomic E-state index is 0.000000000000000444. The third-order valence-electron chi connectivity index (χ3n) is 9.11. The van der Waals surface area contributed by atoms with Crippen LogP contribution in [0.15, 0.2) is 59.1 Å². The smallest absolute Gasteiger partial charge is 0.325 e. The van der Waals surface area contributed by atoms with Crippen LogP contribution in [0.2, 0.25) is 0 Å². The summed E-state index contributed by atoms with van der Waals surface area (Å²) in [4.78, 5) is 52.2. The number of urea groups is 1. The second-order valence-corrected chi connectivity index (χ2v) is 13.2. The lowest BCUT2D eigenvalue weighted by atomic mass is 9.86. The molecular weight excluding hydrogens is 612 g/mol. The molecule has 3 N–H and O–H groups in total. The van der Waals surface area contributed by atoms with E-state index in [9.17, 15) is 19.2 Å². The summed E-state index contributed by atoms with van der Waals surface area (Å²) in [6, 6.07) is 17.5. The van der Waals surface area contributed by atoms with Gasteiger partial charge in [-0.1, -0.05) is 64.8 Å². The van der Waals surface area contributed by atoms with E-state index in [2.05, 4.69) is 43.6 Å². The largest absolute Gasteiger partial charge is 0.481 e. The van der Waals surface area contributed by atoms with Gasteiger partial charge in [0.1, 0.15) is 5.54 Å². The van der Waals surface area contributed by atoms with Crippen LogP contribution in [0.25, 0.3) is 0 Å². The molecule has 2 saturated carbocycles. The topological polar surface area (TPSA) is 119 Å². The van der Waals surface area contributed by atoms with Crippen molar-refractivity contribution in [2.75, 3.05) is 19.6 Å². The number of amides is 4. The van der Waals surface area contributed by atoms with Gasteiger partial charge < -0.3 is 20.6 Å². The molecular formula is C33H41BrN4O5. The molecule has 230 valence electrons. The summed E-state index contributed by atoms with van der Waals surface area (Å²) in [5, 5.41) is 14.5. The van der Waals surface area contributed by atoms with Crippen LogP contribution >= 0.6 is 15.9 Å². The highest BCUT2D eigenvalue weighted by Gasteiger charge is 2.52. The Balaban J connectivity index is 0.000000463. The van der Waals surface area contributed by atoms with Crippen molar-refractivity contribution in [3.05, 3.63) is 70.2 Å². The minimum Gasteiger partial charge on any atom is -0.481 e. The zero-order chi connectivity index (χ0) is 30.4. The lowest BCUT2D eigenvalue weighted by Crippen LogP contribution is -2.55. The molecule has 2 aromatic rings. The normalized spacial score (nSPS) is 20.5. The Kier molecular flexibility index (Phi) is 10.2. The molecule has 0 aromatic heterocycles. The number of benzene rings is 2. The Morgan fingerprint density at radius 2 is 1.67 bits per heavy atom. The number of hydrogen-bond donors (Lipinski definition) is 3. The van der Waals surface area contributed by atoms with Crippen LogP contribution in [0, 0.1) is 11.8 Å². The van der Waals surface area contributed by atoms with Crippen LogP contribution in [0.5, 0.6) is 0 Å². The average Bonchev–Trinajstić information content (AvgIpc) is 3.75. The van der Waals surface area contributed by atoms with Gasteiger partial charge in [0.25, 0.3) is 5.91 Å². The molecule has 2 heterocycles. The first-order valence-electron chi connectivity index (χ1n) is 15.4. The van der Waals surface area contributed by atoms with Crippen LogP contribution in [-0.4, -0.2) is 63.9 Å². The number of carbonyl (C=O) groups is 4. The number of rotatable bonds is 10. The number of nitrogens with one attached hydrogen (secondary N) is 2. The molecule has 9 nitrogen and oxygen atoms in total. The second kappa shape index (κ2) is 14.0. The molecule has 2 saturated heterocycles. The van der Waals surface area contributed by atoms with Crippen LogP contribution in [0.3, 0.4) is 0 Å². The first-order chi connectivity index (χ1) is 20.7. The maximum atomic E-state index is 13.3. The predicted molar refractivity (Wildman–Crippen MR) is 166 cm³/mol. The Morgan fingerprint density at radius 3 is 2.23 bits per heavy atom. The molecule has 1 spiro atoms. The van der Waals surface area contributed by atoms with E-state index in [1.54, 1.807) is 0 Å². The van der Waals surface area contributed by atoms with Crippen molar-refractivity contribution in [1.82, 2.24) is 20.4 Å². The highest BCUT2D eigenvalue weighted by Crippen LogP contribution is 2.33. The van der Waals surface area contributed by atoms with Gasteiger partial charge in [-0.3, -0.25) is 19.3 Å². The zero-order valence-corrected chi connectivity index (χ0v) is 26.1. The Labute approximate surface area is 261 Å². The summed E-state index contributed by atoms with van der Waals surface area (Å²) < 4.78 is 0.962. The molecule has 10 heteroatoms. The molecule has 2 aliphatic carbocycles. The fourth-order valence-electron chi connectivity index (χ4n) is 5.90. The number of carboxylic acids is 1. The van der Waals surface area contributed by atoms with Crippen LogP contribution in [0.1, 0.15) is 75.0 Å². The molecule has 0 unspecified atom stereocenters. The number of halogens is 1. The van der Waals surface area contributed by atoms with E-state index in [1.807, 2.05) is 42.5 Å². The number of carbonyl (C=O) groups excluding carboxylic acids is 3. The Hall–Kier alpha value is -3.24. The molecule has 43 heavy (non-hydrogen) atoms. The van der Waals surface area contributed by atoms with Gasteiger partial charge in [0.15, 0.2) is 0 Å². The number of piperidine rings is 1. The van der Waals surface area contributed by atoms with Gasteiger partial charge in [0.2, 0.25) is 5.91 Å². The first kappa shape index (κ1) is 31.2. The summed E-state index contributed by atoms with van der Waals surface area (Å²) in [5.41, 5.74) is 1.24. The van der Waals surface area contributed by atoms with Crippen molar-refractivity contribution in [2.45, 2.75) is 75.9 Å². The number of carboxylic acid groups (broad SMARTS) is 1. The SMILES string of the molecule is O=C(CC1CC1)N[C@@H](CCN1CCC2(CC1)NC(=O)N(Cc1ccc(Br)cc1)C2=O)c1ccccc1.O=C(O)C1CCC1. The molecule has 6 rings (SSSR count). The molecule has 4 aliphatic rings. The second-order valence-electron chi connectivity index (χ2n) is 12.3. The molecule has 4 fully saturated rings. The standard InChI is InChI=1S/C28H33BrN4O3.C5H8O2/c29-23-10-8-21(9-11-23)19-33-26(35)28(31-27(33)36)13-16-32(17-14-28)15-12-24(22-4-2-1-3-5-22)30-25(34)18-20-6-7-20;6-5(7)4-2-1-3-4/h1-5,8-11,20,24H,6-7,12-19H2,(H,30,34)(H,31,36);4H,1-3H2,(H,6,7)/t24-;/m0./s1. The van der Waals surface area contributed by atoms with Crippen molar-refractivity contribution in [3.63, 3.8) is 0 Å². The minimum atomic E-state index is -0.805. The predicted octanol–water partition coefficient (Wildman–Crippen LogP) is 5.25. The summed E-state index contributed by atoms with van der Waals surface area (Å²) >= 11 is 3.42. The molecule has 0 radical (unpaired) electrons. The van der Waals surface area contributed by atoms with Crippen molar-refractivity contribution in [2.24, 2.45) is 11.8 Å². The fourth-order valence-corrected chi connectivity index (χ4v) is 6.17. The van der Waals surface area contributed by atoms with Crippen LogP contribution in [0.4, 0.5) is 4.79 Å². The van der Waals surface area contributed by atoms with E-state index in [0.29, 0.717) is 25.2 Å². The number of nitrogens with zero attached hydrogens (tertiary/aromatic N) is 2. The van der Waals surface area contributed by atoms with Crippen LogP contribution in [-0.2, 0) is 20.9 Å². The van der Waals surface area contributed by atoms with Crippen molar-refractivity contribution in [1.29, 1.82) is 0 Å². The third-order valence-corrected chi connectivity index (χ3v) is 9.63. The average molecular weight is 654 g/mol. The van der Waals surface area contributed by atoms with Gasteiger partial charge in [-0.2, -0.15) is 0 Å². The highest BCUT2D eigenvalue weighted by atomic mass is 79.9. The van der Waals surface area contributed by atoms with Gasteiger partial charge in [0.05, 0.1) is 18.5 Å². The Morgan fingerprint density at radius 1 is 1.00 bits per heavy atom. The van der Waals surface area contributed by atoms with Gasteiger partial charge in [-0.25, -0.2) is 4.79 Å². The number of hydrogen-bond acceptors (Lipinski definition) is 5. The van der Waals surface area contributed by atoms with Gasteiger partial charge in [0, 0.05) is 30.5 Å². The Bertz CT molecular complexity index is 1290. The van der Waals surface area contributed by atoms with Crippen molar-refractivity contribution >= 4 is 39.7 Å². The zero-order valence-electron chi connectivity index (χ0n) is 24.5. The van der Waals surface area contributed by atoms with Gasteiger partial charge in [-0.05, 0) is 74.1 Å². The third kappa shape index (κ3) is 8.23. The maximum Gasteiger partial charge on any atom is 0.325 e. The summed E-state index contributed by atoms with van der Waals surface area (Å²) in [7, 11) is 0. The van der Waals surface area contributed by atoms with E-state index < -0.39 is 11.5 Å². The first-order valence-corrected chi connectivity index (χ1v) is 16.2. The molecule has 0 bridgehead atoms. The molecule has 2 aliphatic heterocycles. The monoisotopic (exact) mass is 652 g/mol. The van der Waals surface area contributed by atoms with Crippen molar-refractivity contribution < 1.29 is 24.3 Å². The van der Waals surface area contributed by atoms with E-state index in [-0.39, 0.29) is 36.3 Å². The van der Waals surface area contributed by atoms with Gasteiger partial charge in [-0.15, -0.1) is 0 Å². The van der Waals surface area contributed by atoms with Crippen LogP contribution < -0.4 is 10.6 Å². The summed E-state index contributed by atoms with van der Waals surface area (Å²) in [5.74, 6) is -0.0490. The van der Waals surface area contributed by atoms with E-state index in [1.165, 1.54) is 4.90 Å². The summed E-state index contributed by atoms with van der Waals surface area (Å²) in [6.45, 7) is 2.57. The molecule has 4 amide bonds. The van der Waals surface area contributed by atoms with E-state index >= 15 is 0 Å². The van der Waals surface area contributed by atoms with Gasteiger partial charge >= 0.3 is 12.0 Å². The molecule has 1 atom stereocenters. The maximum absolute atomic E-state index is 13.3. The lowest BCUT2D eigenvalue weighted by molar-refractivity contribution is -0.144. The van der Waals surface area contributed by atoms with E-state index in [0.717, 1.165) is 73.8 Å². The summed E-state index contributed by atoms with van der Waals surface area (Å²) in [6.07, 6.45) is 7.85. The fraction of sp³-hybridized carbons (Fsp3) is 0.515. The van der Waals surface area contributed by atoms with E-state index in [4.69, 9.17) is 5.11 Å². The molecule has 2 aromatic carbocycles. The van der Waals surface area contributed by atoms with Crippen molar-refractivity contribution in [3.8, 4) is 0 Å². The lowest BCUT2D eigenvalue weighted by Gasteiger charge is -2.37.